The van der Waals surface area contributed by atoms with Gasteiger partial charge in [-0.05, 0) is 23.6 Å². The molecule has 31 heavy (non-hydrogen) atoms. The molecule has 2 N–H and O–H groups in total. The number of nitrogens with zero attached hydrogens (tertiary/aromatic N) is 4. The van der Waals surface area contributed by atoms with E-state index in [2.05, 4.69) is 26.7 Å². The van der Waals surface area contributed by atoms with E-state index in [1.54, 1.807) is 30.1 Å². The van der Waals surface area contributed by atoms with E-state index in [9.17, 15) is 9.18 Å². The Bertz CT molecular complexity index is 1160. The zero-order valence-corrected chi connectivity index (χ0v) is 17.8. The number of aryl methyl sites for hydroxylation is 1. The number of allylic oxidation sites excluding steroid dienone is 2. The maximum Gasteiger partial charge on any atom is 0.258 e. The lowest BCUT2D eigenvalue weighted by Crippen LogP contribution is -2.40. The minimum atomic E-state index is -0.543. The average Bonchev–Trinajstić information content (AvgIpc) is 3.53. The van der Waals surface area contributed by atoms with Gasteiger partial charge < -0.3 is 20.4 Å². The second-order valence-corrected chi connectivity index (χ2v) is 8.45. The van der Waals surface area contributed by atoms with Crippen molar-refractivity contribution in [2.24, 2.45) is 7.05 Å². The van der Waals surface area contributed by atoms with Crippen LogP contribution in [0.25, 0.3) is 11.3 Å². The molecule has 0 bridgehead atoms. The fourth-order valence-corrected chi connectivity index (χ4v) is 4.49. The Labute approximate surface area is 183 Å². The SMILES string of the molecule is CN(C(=O)c1ccc(C2=CNC3C=CC(c4cnn(C)c4)=CN23)cc1F)C1NC=CS1. The fourth-order valence-electron chi connectivity index (χ4n) is 3.75. The van der Waals surface area contributed by atoms with E-state index in [4.69, 9.17) is 0 Å². The topological polar surface area (TPSA) is 65.4 Å². The van der Waals surface area contributed by atoms with Gasteiger partial charge in [0.1, 0.15) is 12.0 Å². The summed E-state index contributed by atoms with van der Waals surface area (Å²) in [5.74, 6) is -0.910. The molecule has 3 aliphatic heterocycles. The van der Waals surface area contributed by atoms with Crippen molar-refractivity contribution in [3.05, 3.63) is 89.3 Å². The van der Waals surface area contributed by atoms with Crippen LogP contribution in [0, 0.1) is 5.82 Å². The highest BCUT2D eigenvalue weighted by molar-refractivity contribution is 8.02. The zero-order chi connectivity index (χ0) is 21.5. The van der Waals surface area contributed by atoms with E-state index in [1.165, 1.54) is 22.7 Å². The van der Waals surface area contributed by atoms with Crippen LogP contribution in [-0.4, -0.2) is 44.2 Å². The molecular weight excluding hydrogens is 415 g/mol. The number of halogens is 1. The first-order valence-corrected chi connectivity index (χ1v) is 10.7. The Hall–Kier alpha value is -3.46. The molecule has 0 saturated heterocycles. The molecule has 9 heteroatoms. The molecular formula is C22H21FN6OS. The normalized spacial score (nSPS) is 21.3. The highest BCUT2D eigenvalue weighted by Gasteiger charge is 2.28. The van der Waals surface area contributed by atoms with Gasteiger partial charge in [-0.15, -0.1) is 0 Å². The van der Waals surface area contributed by atoms with E-state index in [-0.39, 0.29) is 23.1 Å². The van der Waals surface area contributed by atoms with Crippen molar-refractivity contribution in [2.45, 2.75) is 11.7 Å². The number of hydrogen-bond donors (Lipinski definition) is 2. The van der Waals surface area contributed by atoms with Crippen molar-refractivity contribution in [1.82, 2.24) is 30.2 Å². The number of carbonyl (C=O) groups excluding carboxylic acids is 1. The van der Waals surface area contributed by atoms with Crippen molar-refractivity contribution in [3.63, 3.8) is 0 Å². The first kappa shape index (κ1) is 19.5. The fraction of sp³-hybridized carbons (Fsp3) is 0.182. The van der Waals surface area contributed by atoms with Crippen molar-refractivity contribution in [1.29, 1.82) is 0 Å². The number of amides is 1. The van der Waals surface area contributed by atoms with E-state index in [0.29, 0.717) is 5.56 Å². The molecule has 0 fully saturated rings. The molecule has 3 aliphatic rings. The lowest BCUT2D eigenvalue weighted by molar-refractivity contribution is 0.0768. The first-order chi connectivity index (χ1) is 15.0. The Morgan fingerprint density at radius 3 is 2.87 bits per heavy atom. The molecule has 2 aromatic rings. The molecule has 1 aromatic carbocycles. The van der Waals surface area contributed by atoms with Crippen molar-refractivity contribution in [3.8, 4) is 0 Å². The Morgan fingerprint density at radius 1 is 1.29 bits per heavy atom. The predicted molar refractivity (Wildman–Crippen MR) is 119 cm³/mol. The lowest BCUT2D eigenvalue weighted by Gasteiger charge is -2.28. The monoisotopic (exact) mass is 436 g/mol. The summed E-state index contributed by atoms with van der Waals surface area (Å²) in [4.78, 5) is 16.3. The van der Waals surface area contributed by atoms with Gasteiger partial charge in [-0.3, -0.25) is 9.48 Å². The molecule has 0 saturated carbocycles. The Kier molecular flexibility index (Phi) is 4.82. The number of carbonyl (C=O) groups is 1. The number of fused-ring (bicyclic) bond motifs is 1. The third-order valence-electron chi connectivity index (χ3n) is 5.42. The average molecular weight is 437 g/mol. The van der Waals surface area contributed by atoms with Crippen molar-refractivity contribution in [2.75, 3.05) is 7.05 Å². The Balaban J connectivity index is 1.39. The molecule has 4 heterocycles. The summed E-state index contributed by atoms with van der Waals surface area (Å²) in [6.45, 7) is 0. The number of thioether (sulfide) groups is 1. The lowest BCUT2D eigenvalue weighted by atomic mass is 10.0. The van der Waals surface area contributed by atoms with E-state index >= 15 is 0 Å². The minimum absolute atomic E-state index is 0.0381. The third kappa shape index (κ3) is 3.50. The highest BCUT2D eigenvalue weighted by Crippen LogP contribution is 2.33. The summed E-state index contributed by atoms with van der Waals surface area (Å²) in [7, 11) is 3.54. The quantitative estimate of drug-likeness (QED) is 0.769. The summed E-state index contributed by atoms with van der Waals surface area (Å²) in [5.41, 5.74) is 3.37. The number of benzene rings is 1. The van der Waals surface area contributed by atoms with Gasteiger partial charge in [0.2, 0.25) is 0 Å². The number of hydrogen-bond acceptors (Lipinski definition) is 6. The molecule has 0 spiro atoms. The summed E-state index contributed by atoms with van der Waals surface area (Å²) in [5, 5.41) is 12.4. The minimum Gasteiger partial charge on any atom is -0.366 e. The second kappa shape index (κ2) is 7.66. The largest absolute Gasteiger partial charge is 0.366 e. The molecule has 7 nitrogen and oxygen atoms in total. The highest BCUT2D eigenvalue weighted by atomic mass is 32.2. The molecule has 2 atom stereocenters. The van der Waals surface area contributed by atoms with Gasteiger partial charge in [0, 0.05) is 55.6 Å². The van der Waals surface area contributed by atoms with Gasteiger partial charge in [0.05, 0.1) is 17.5 Å². The van der Waals surface area contributed by atoms with Crippen LogP contribution in [-0.2, 0) is 7.05 Å². The van der Waals surface area contributed by atoms with E-state index < -0.39 is 5.82 Å². The van der Waals surface area contributed by atoms with Gasteiger partial charge in [-0.25, -0.2) is 4.39 Å². The van der Waals surface area contributed by atoms with Crippen molar-refractivity contribution >= 4 is 28.9 Å². The van der Waals surface area contributed by atoms with Crippen LogP contribution < -0.4 is 10.6 Å². The standard InChI is InChI=1S/C22H21FN6OS/c1-27-12-16(10-26-27)15-4-6-20-25-11-19(29(20)13-15)14-3-5-17(18(23)9-14)21(30)28(2)22-24-7-8-31-22/h3-13,20,22,24-25H,1-2H3. The van der Waals surface area contributed by atoms with E-state index in [1.807, 2.05) is 43.3 Å². The molecule has 158 valence electrons. The summed E-state index contributed by atoms with van der Waals surface area (Å²) >= 11 is 1.46. The third-order valence-corrected chi connectivity index (χ3v) is 6.43. The molecule has 0 radical (unpaired) electrons. The molecule has 1 aromatic heterocycles. The maximum atomic E-state index is 15.0. The van der Waals surface area contributed by atoms with Crippen LogP contribution in [0.3, 0.4) is 0 Å². The first-order valence-electron chi connectivity index (χ1n) is 9.78. The number of aromatic nitrogens is 2. The number of nitrogens with one attached hydrogen (secondary N) is 2. The number of rotatable bonds is 4. The molecule has 0 aliphatic carbocycles. The molecule has 2 unspecified atom stereocenters. The summed E-state index contributed by atoms with van der Waals surface area (Å²) in [6, 6.07) is 4.75. The molecule has 5 rings (SSSR count). The summed E-state index contributed by atoms with van der Waals surface area (Å²) in [6.07, 6.45) is 13.5. The maximum absolute atomic E-state index is 15.0. The molecule has 1 amide bonds. The van der Waals surface area contributed by atoms with Gasteiger partial charge in [0.15, 0.2) is 5.50 Å². The van der Waals surface area contributed by atoms with Crippen LogP contribution in [0.1, 0.15) is 21.5 Å². The van der Waals surface area contributed by atoms with Crippen LogP contribution in [0.15, 0.2) is 66.8 Å². The smallest absolute Gasteiger partial charge is 0.258 e. The van der Waals surface area contributed by atoms with Gasteiger partial charge >= 0.3 is 0 Å². The van der Waals surface area contributed by atoms with Gasteiger partial charge in [0.25, 0.3) is 5.91 Å². The van der Waals surface area contributed by atoms with Gasteiger partial charge in [-0.1, -0.05) is 23.9 Å². The van der Waals surface area contributed by atoms with Crippen LogP contribution in [0.5, 0.6) is 0 Å². The van der Waals surface area contributed by atoms with Crippen LogP contribution >= 0.6 is 11.8 Å². The van der Waals surface area contributed by atoms with Crippen LogP contribution in [0.2, 0.25) is 0 Å². The van der Waals surface area contributed by atoms with Gasteiger partial charge in [-0.2, -0.15) is 5.10 Å². The predicted octanol–water partition coefficient (Wildman–Crippen LogP) is 2.86. The Morgan fingerprint density at radius 2 is 2.16 bits per heavy atom. The van der Waals surface area contributed by atoms with Crippen LogP contribution in [0.4, 0.5) is 4.39 Å². The van der Waals surface area contributed by atoms with E-state index in [0.717, 1.165) is 16.8 Å². The second-order valence-electron chi connectivity index (χ2n) is 7.46. The van der Waals surface area contributed by atoms with Crippen molar-refractivity contribution < 1.29 is 9.18 Å². The zero-order valence-electron chi connectivity index (χ0n) is 17.0. The summed E-state index contributed by atoms with van der Waals surface area (Å²) < 4.78 is 16.7.